The van der Waals surface area contributed by atoms with Gasteiger partial charge in [0.15, 0.2) is 0 Å². The molecule has 1 rings (SSSR count). The van der Waals surface area contributed by atoms with Gasteiger partial charge in [0.05, 0.1) is 11.2 Å². The number of nitrogens with zero attached hydrogens (tertiary/aromatic N) is 1. The number of aryl methyl sites for hydroxylation is 2. The van der Waals surface area contributed by atoms with Crippen LogP contribution >= 0.6 is 43.2 Å². The Morgan fingerprint density at radius 2 is 2.00 bits per heavy atom. The number of halogens is 2. The molecule has 1 heterocycles. The lowest BCUT2D eigenvalue weighted by Gasteiger charge is -2.29. The van der Waals surface area contributed by atoms with Crippen molar-refractivity contribution in [3.63, 3.8) is 0 Å². The number of thiazole rings is 1. The zero-order valence-corrected chi connectivity index (χ0v) is 13.9. The van der Waals surface area contributed by atoms with E-state index in [-0.39, 0.29) is 0 Å². The molecule has 0 N–H and O–H groups in total. The van der Waals surface area contributed by atoms with Crippen LogP contribution in [0.5, 0.6) is 0 Å². The van der Waals surface area contributed by atoms with E-state index in [1.54, 1.807) is 11.3 Å². The molecular weight excluding hydrogens is 350 g/mol. The van der Waals surface area contributed by atoms with Crippen LogP contribution in [-0.4, -0.2) is 15.6 Å². The second-order valence-corrected chi connectivity index (χ2v) is 6.44. The van der Waals surface area contributed by atoms with Crippen molar-refractivity contribution < 1.29 is 0 Å². The lowest BCUT2D eigenvalue weighted by Crippen LogP contribution is -2.25. The molecule has 0 unspecified atom stereocenters. The van der Waals surface area contributed by atoms with Crippen molar-refractivity contribution in [2.75, 3.05) is 10.7 Å². The Hall–Kier alpha value is 0.590. The molecule has 0 saturated heterocycles. The second kappa shape index (κ2) is 7.12. The van der Waals surface area contributed by atoms with Crippen LogP contribution in [0.15, 0.2) is 5.51 Å². The van der Waals surface area contributed by atoms with Gasteiger partial charge in [0, 0.05) is 15.5 Å². The van der Waals surface area contributed by atoms with Crippen molar-refractivity contribution in [2.45, 2.75) is 39.5 Å². The van der Waals surface area contributed by atoms with Crippen LogP contribution in [0, 0.1) is 12.3 Å². The second-order valence-electron chi connectivity index (χ2n) is 4.38. The van der Waals surface area contributed by atoms with Gasteiger partial charge in [-0.1, -0.05) is 45.2 Å². The van der Waals surface area contributed by atoms with Crippen molar-refractivity contribution >= 4 is 43.2 Å². The first kappa shape index (κ1) is 14.7. The van der Waals surface area contributed by atoms with Crippen LogP contribution in [0.3, 0.4) is 0 Å². The molecular formula is C12H19Br2NS. The first-order valence-corrected chi connectivity index (χ1v) is 8.80. The Balaban J connectivity index is 2.59. The maximum absolute atomic E-state index is 4.31. The van der Waals surface area contributed by atoms with E-state index in [1.807, 2.05) is 5.51 Å². The highest BCUT2D eigenvalue weighted by Gasteiger charge is 2.26. The van der Waals surface area contributed by atoms with Crippen molar-refractivity contribution in [1.82, 2.24) is 4.98 Å². The molecule has 0 aromatic carbocycles. The summed E-state index contributed by atoms with van der Waals surface area (Å²) in [6.45, 7) is 4.37. The maximum Gasteiger partial charge on any atom is 0.0797 e. The predicted molar refractivity (Wildman–Crippen MR) is 80.1 cm³/mol. The minimum absolute atomic E-state index is 0.408. The fraction of sp³-hybridized carbons (Fsp3) is 0.750. The summed E-state index contributed by atoms with van der Waals surface area (Å²) in [6, 6.07) is 0. The van der Waals surface area contributed by atoms with E-state index in [4.69, 9.17) is 0 Å². The van der Waals surface area contributed by atoms with Gasteiger partial charge in [-0.2, -0.15) is 0 Å². The normalized spacial score (nSPS) is 12.0. The average molecular weight is 369 g/mol. The van der Waals surface area contributed by atoms with E-state index < -0.39 is 0 Å². The van der Waals surface area contributed by atoms with Gasteiger partial charge < -0.3 is 0 Å². The molecule has 1 aromatic rings. The monoisotopic (exact) mass is 367 g/mol. The van der Waals surface area contributed by atoms with E-state index in [1.165, 1.54) is 29.8 Å². The van der Waals surface area contributed by atoms with Crippen molar-refractivity contribution in [3.8, 4) is 0 Å². The highest BCUT2D eigenvalue weighted by atomic mass is 79.9. The molecule has 0 spiro atoms. The van der Waals surface area contributed by atoms with Crippen molar-refractivity contribution in [3.05, 3.63) is 16.1 Å². The molecule has 0 aliphatic heterocycles. The van der Waals surface area contributed by atoms with Gasteiger partial charge in [-0.25, -0.2) is 4.98 Å². The number of hydrogen-bond donors (Lipinski definition) is 0. The minimum atomic E-state index is 0.408. The van der Waals surface area contributed by atoms with Crippen LogP contribution in [0.2, 0.25) is 0 Å². The molecule has 16 heavy (non-hydrogen) atoms. The van der Waals surface area contributed by atoms with Gasteiger partial charge in [-0.05, 0) is 31.6 Å². The molecule has 0 aliphatic rings. The number of alkyl halides is 2. The average Bonchev–Trinajstić information content (AvgIpc) is 2.70. The smallest absolute Gasteiger partial charge is 0.0797 e. The zero-order valence-electron chi connectivity index (χ0n) is 9.93. The summed E-state index contributed by atoms with van der Waals surface area (Å²) in [5.74, 6) is 0. The first-order valence-electron chi connectivity index (χ1n) is 5.68. The van der Waals surface area contributed by atoms with E-state index >= 15 is 0 Å². The predicted octanol–water partition coefficient (Wildman–Crippen LogP) is 4.96. The molecule has 1 aromatic heterocycles. The summed E-state index contributed by atoms with van der Waals surface area (Å²) in [5, 5.41) is 2.16. The molecule has 0 atom stereocenters. The first-order chi connectivity index (χ1) is 7.67. The SMILES string of the molecule is CCCC(CBr)(CBr)CCc1scnc1C. The lowest BCUT2D eigenvalue weighted by atomic mass is 9.83. The number of hydrogen-bond acceptors (Lipinski definition) is 2. The van der Waals surface area contributed by atoms with Gasteiger partial charge in [-0.15, -0.1) is 11.3 Å². The highest BCUT2D eigenvalue weighted by Crippen LogP contribution is 2.34. The largest absolute Gasteiger partial charge is 0.250 e. The minimum Gasteiger partial charge on any atom is -0.250 e. The van der Waals surface area contributed by atoms with E-state index in [0.29, 0.717) is 5.41 Å². The van der Waals surface area contributed by atoms with Crippen LogP contribution in [0.4, 0.5) is 0 Å². The van der Waals surface area contributed by atoms with E-state index in [2.05, 4.69) is 50.7 Å². The van der Waals surface area contributed by atoms with Crippen LogP contribution in [0.1, 0.15) is 36.8 Å². The van der Waals surface area contributed by atoms with Crippen molar-refractivity contribution in [2.24, 2.45) is 5.41 Å². The summed E-state index contributed by atoms with van der Waals surface area (Å²) in [7, 11) is 0. The summed E-state index contributed by atoms with van der Waals surface area (Å²) >= 11 is 9.14. The van der Waals surface area contributed by atoms with Gasteiger partial charge >= 0.3 is 0 Å². The third-order valence-corrected chi connectivity index (χ3v) is 6.45. The molecule has 92 valence electrons. The van der Waals surface area contributed by atoms with Crippen LogP contribution in [0.25, 0.3) is 0 Å². The molecule has 0 saturated carbocycles. The fourth-order valence-electron chi connectivity index (χ4n) is 1.90. The lowest BCUT2D eigenvalue weighted by molar-refractivity contribution is 0.327. The standard InChI is InChI=1S/C12H19Br2NS/c1-3-5-12(7-13,8-14)6-4-11-10(2)15-9-16-11/h9H,3-8H2,1-2H3. The molecule has 0 bridgehead atoms. The summed E-state index contributed by atoms with van der Waals surface area (Å²) in [6.07, 6.45) is 4.92. The van der Waals surface area contributed by atoms with Crippen molar-refractivity contribution in [1.29, 1.82) is 0 Å². The Bertz CT molecular complexity index is 308. The quantitative estimate of drug-likeness (QED) is 0.619. The van der Waals surface area contributed by atoms with Crippen LogP contribution < -0.4 is 0 Å². The van der Waals surface area contributed by atoms with E-state index in [0.717, 1.165) is 17.1 Å². The Kier molecular flexibility index (Phi) is 6.52. The van der Waals surface area contributed by atoms with Gasteiger partial charge in [-0.3, -0.25) is 0 Å². The van der Waals surface area contributed by atoms with Gasteiger partial charge in [0.2, 0.25) is 0 Å². The highest BCUT2D eigenvalue weighted by molar-refractivity contribution is 9.09. The molecule has 0 radical (unpaired) electrons. The third-order valence-electron chi connectivity index (χ3n) is 3.07. The Morgan fingerprint density at radius 1 is 1.31 bits per heavy atom. The Morgan fingerprint density at radius 3 is 2.44 bits per heavy atom. The zero-order chi connectivity index (χ0) is 12.0. The molecule has 0 fully saturated rings. The molecule has 0 amide bonds. The van der Waals surface area contributed by atoms with Crippen LogP contribution in [-0.2, 0) is 6.42 Å². The molecule has 1 nitrogen and oxygen atoms in total. The van der Waals surface area contributed by atoms with Gasteiger partial charge in [0.1, 0.15) is 0 Å². The fourth-order valence-corrected chi connectivity index (χ4v) is 4.73. The maximum atomic E-state index is 4.31. The molecule has 0 aliphatic carbocycles. The Labute approximate surface area is 119 Å². The third kappa shape index (κ3) is 3.81. The number of rotatable bonds is 7. The topological polar surface area (TPSA) is 12.9 Å². The molecule has 4 heteroatoms. The summed E-state index contributed by atoms with van der Waals surface area (Å²) in [5.41, 5.74) is 3.57. The van der Waals surface area contributed by atoms with Gasteiger partial charge in [0.25, 0.3) is 0 Å². The number of aromatic nitrogens is 1. The van der Waals surface area contributed by atoms with E-state index in [9.17, 15) is 0 Å². The summed E-state index contributed by atoms with van der Waals surface area (Å²) < 4.78 is 0. The summed E-state index contributed by atoms with van der Waals surface area (Å²) in [4.78, 5) is 5.76.